The van der Waals surface area contributed by atoms with E-state index in [9.17, 15) is 14.7 Å². The standard InChI is InChI=1S/C22H29NO4/c1-15-3-5-16(6-4-15)12-23(2)19(24)13-27-20(25)21-8-17-7-18(9-21)11-22(26,10-17)14-21/h3-6,17-18,26H,7-14H2,1-2H3/t17-,18-,21?,22?/m1/s1. The van der Waals surface area contributed by atoms with E-state index in [4.69, 9.17) is 4.74 Å². The Kier molecular flexibility index (Phi) is 4.53. The Morgan fingerprint density at radius 1 is 1.15 bits per heavy atom. The summed E-state index contributed by atoms with van der Waals surface area (Å²) in [6.07, 6.45) is 4.86. The molecule has 0 heterocycles. The Hall–Kier alpha value is -1.88. The molecule has 0 unspecified atom stereocenters. The smallest absolute Gasteiger partial charge is 0.312 e. The Balaban J connectivity index is 1.33. The van der Waals surface area contributed by atoms with E-state index in [1.807, 2.05) is 31.2 Å². The number of nitrogens with zero attached hydrogens (tertiary/aromatic N) is 1. The van der Waals surface area contributed by atoms with Gasteiger partial charge in [0.15, 0.2) is 6.61 Å². The largest absolute Gasteiger partial charge is 0.455 e. The lowest BCUT2D eigenvalue weighted by atomic mass is 9.48. The third-order valence-electron chi connectivity index (χ3n) is 6.76. The van der Waals surface area contributed by atoms with E-state index in [-0.39, 0.29) is 18.5 Å². The molecule has 1 N–H and O–H groups in total. The second-order valence-corrected chi connectivity index (χ2v) is 9.28. The number of benzene rings is 1. The quantitative estimate of drug-likeness (QED) is 0.809. The molecular formula is C22H29NO4. The van der Waals surface area contributed by atoms with Gasteiger partial charge >= 0.3 is 5.97 Å². The highest BCUT2D eigenvalue weighted by molar-refractivity contribution is 5.83. The molecule has 5 heteroatoms. The molecule has 5 nitrogen and oxygen atoms in total. The van der Waals surface area contributed by atoms with E-state index in [2.05, 4.69) is 0 Å². The Labute approximate surface area is 160 Å². The highest BCUT2D eigenvalue weighted by Gasteiger charge is 2.60. The van der Waals surface area contributed by atoms with Gasteiger partial charge in [0.1, 0.15) is 0 Å². The van der Waals surface area contributed by atoms with Gasteiger partial charge in [0, 0.05) is 13.6 Å². The third-order valence-corrected chi connectivity index (χ3v) is 6.76. The van der Waals surface area contributed by atoms with E-state index < -0.39 is 11.0 Å². The Bertz CT molecular complexity index is 727. The van der Waals surface area contributed by atoms with Crippen molar-refractivity contribution < 1.29 is 19.4 Å². The number of carbonyl (C=O) groups excluding carboxylic acids is 2. The molecule has 146 valence electrons. The SMILES string of the molecule is Cc1ccc(CN(C)C(=O)COC(=O)C23C[C@H]4C[C@@H](CC(O)(C4)C2)C3)cc1. The summed E-state index contributed by atoms with van der Waals surface area (Å²) < 4.78 is 5.47. The molecule has 1 aromatic rings. The molecule has 0 radical (unpaired) electrons. The second-order valence-electron chi connectivity index (χ2n) is 9.28. The number of aliphatic hydroxyl groups is 1. The van der Waals surface area contributed by atoms with Gasteiger partial charge in [-0.1, -0.05) is 29.8 Å². The molecule has 5 rings (SSSR count). The first-order chi connectivity index (χ1) is 12.8. The van der Waals surface area contributed by atoms with Crippen LogP contribution in [0.4, 0.5) is 0 Å². The van der Waals surface area contributed by atoms with Gasteiger partial charge in [-0.25, -0.2) is 0 Å². The molecule has 0 aliphatic heterocycles. The molecule has 4 saturated carbocycles. The number of ether oxygens (including phenoxy) is 1. The van der Waals surface area contributed by atoms with Gasteiger partial charge in [0.05, 0.1) is 11.0 Å². The maximum atomic E-state index is 12.9. The first kappa shape index (κ1) is 18.5. The maximum Gasteiger partial charge on any atom is 0.312 e. The van der Waals surface area contributed by atoms with Crippen molar-refractivity contribution in [2.45, 2.75) is 57.6 Å². The van der Waals surface area contributed by atoms with Crippen LogP contribution in [0.5, 0.6) is 0 Å². The molecule has 1 aromatic carbocycles. The van der Waals surface area contributed by atoms with Crippen LogP contribution in [0.25, 0.3) is 0 Å². The van der Waals surface area contributed by atoms with E-state index in [0.29, 0.717) is 24.8 Å². The number of hydrogen-bond acceptors (Lipinski definition) is 4. The highest BCUT2D eigenvalue weighted by atomic mass is 16.5. The summed E-state index contributed by atoms with van der Waals surface area (Å²) in [6.45, 7) is 2.29. The van der Waals surface area contributed by atoms with Crippen LogP contribution in [0, 0.1) is 24.2 Å². The van der Waals surface area contributed by atoms with Crippen LogP contribution in [0.15, 0.2) is 24.3 Å². The summed E-state index contributed by atoms with van der Waals surface area (Å²) >= 11 is 0. The van der Waals surface area contributed by atoms with Crippen LogP contribution in [0.3, 0.4) is 0 Å². The number of carbonyl (C=O) groups is 2. The number of hydrogen-bond donors (Lipinski definition) is 1. The minimum atomic E-state index is -0.699. The van der Waals surface area contributed by atoms with Crippen molar-refractivity contribution in [2.75, 3.05) is 13.7 Å². The number of likely N-dealkylation sites (N-methyl/N-ethyl adjacent to an activating group) is 1. The fourth-order valence-electron chi connectivity index (χ4n) is 5.90. The summed E-state index contributed by atoms with van der Waals surface area (Å²) in [4.78, 5) is 26.9. The molecule has 0 spiro atoms. The lowest BCUT2D eigenvalue weighted by Gasteiger charge is -2.58. The predicted octanol–water partition coefficient (Wildman–Crippen LogP) is 2.83. The molecule has 1 amide bonds. The summed E-state index contributed by atoms with van der Waals surface area (Å²) in [6, 6.07) is 8.04. The van der Waals surface area contributed by atoms with Crippen molar-refractivity contribution in [3.8, 4) is 0 Å². The van der Waals surface area contributed by atoms with Gasteiger partial charge in [-0.2, -0.15) is 0 Å². The van der Waals surface area contributed by atoms with Crippen molar-refractivity contribution in [3.63, 3.8) is 0 Å². The van der Waals surface area contributed by atoms with Crippen LogP contribution in [0.1, 0.15) is 49.7 Å². The fourth-order valence-corrected chi connectivity index (χ4v) is 5.90. The zero-order valence-electron chi connectivity index (χ0n) is 16.2. The monoisotopic (exact) mass is 371 g/mol. The number of amides is 1. The van der Waals surface area contributed by atoms with Crippen LogP contribution in [0.2, 0.25) is 0 Å². The summed E-state index contributed by atoms with van der Waals surface area (Å²) in [5, 5.41) is 10.8. The van der Waals surface area contributed by atoms with Gasteiger partial charge in [0.2, 0.25) is 0 Å². The van der Waals surface area contributed by atoms with E-state index in [0.717, 1.165) is 37.7 Å². The third kappa shape index (κ3) is 3.62. The lowest BCUT2D eigenvalue weighted by Crippen LogP contribution is -2.58. The molecule has 4 aliphatic rings. The van der Waals surface area contributed by atoms with Crippen LogP contribution < -0.4 is 0 Å². The minimum Gasteiger partial charge on any atom is -0.455 e. The highest BCUT2D eigenvalue weighted by Crippen LogP contribution is 2.61. The van der Waals surface area contributed by atoms with Crippen molar-refractivity contribution in [3.05, 3.63) is 35.4 Å². The van der Waals surface area contributed by atoms with Crippen LogP contribution in [-0.4, -0.2) is 41.1 Å². The summed E-state index contributed by atoms with van der Waals surface area (Å²) in [7, 11) is 1.73. The fraction of sp³-hybridized carbons (Fsp3) is 0.636. The number of rotatable bonds is 5. The summed E-state index contributed by atoms with van der Waals surface area (Å²) in [5.74, 6) is 0.354. The molecular weight excluding hydrogens is 342 g/mol. The molecule has 0 saturated heterocycles. The van der Waals surface area contributed by atoms with Crippen LogP contribution in [-0.2, 0) is 20.9 Å². The van der Waals surface area contributed by atoms with Crippen LogP contribution >= 0.6 is 0 Å². The zero-order chi connectivity index (χ0) is 19.2. The van der Waals surface area contributed by atoms with E-state index in [1.165, 1.54) is 5.56 Å². The van der Waals surface area contributed by atoms with Gasteiger partial charge in [-0.05, 0) is 62.8 Å². The molecule has 0 aromatic heterocycles. The van der Waals surface area contributed by atoms with Crippen molar-refractivity contribution in [1.29, 1.82) is 0 Å². The van der Waals surface area contributed by atoms with Gasteiger partial charge in [-0.3, -0.25) is 9.59 Å². The average molecular weight is 371 g/mol. The minimum absolute atomic E-state index is 0.202. The normalized spacial score (nSPS) is 33.7. The maximum absolute atomic E-state index is 12.9. The Morgan fingerprint density at radius 2 is 1.78 bits per heavy atom. The molecule has 2 atom stereocenters. The molecule has 4 bridgehead atoms. The average Bonchev–Trinajstić information content (AvgIpc) is 2.59. The van der Waals surface area contributed by atoms with Crippen molar-refractivity contribution in [2.24, 2.45) is 17.3 Å². The molecule has 27 heavy (non-hydrogen) atoms. The topological polar surface area (TPSA) is 66.8 Å². The van der Waals surface area contributed by atoms with Gasteiger partial charge < -0.3 is 14.7 Å². The number of aryl methyl sites for hydroxylation is 1. The van der Waals surface area contributed by atoms with Crippen molar-refractivity contribution in [1.82, 2.24) is 4.90 Å². The van der Waals surface area contributed by atoms with Crippen molar-refractivity contribution >= 4 is 11.9 Å². The molecule has 4 aliphatic carbocycles. The second kappa shape index (κ2) is 6.62. The zero-order valence-corrected chi connectivity index (χ0v) is 16.2. The van der Waals surface area contributed by atoms with E-state index in [1.54, 1.807) is 11.9 Å². The number of esters is 1. The van der Waals surface area contributed by atoms with E-state index >= 15 is 0 Å². The van der Waals surface area contributed by atoms with Gasteiger partial charge in [0.25, 0.3) is 5.91 Å². The first-order valence-electron chi connectivity index (χ1n) is 9.96. The first-order valence-corrected chi connectivity index (χ1v) is 9.96. The summed E-state index contributed by atoms with van der Waals surface area (Å²) in [5.41, 5.74) is 0.953. The Morgan fingerprint density at radius 3 is 2.37 bits per heavy atom. The molecule has 4 fully saturated rings. The van der Waals surface area contributed by atoms with Gasteiger partial charge in [-0.15, -0.1) is 0 Å². The lowest BCUT2D eigenvalue weighted by molar-refractivity contribution is -0.196. The predicted molar refractivity (Wildman–Crippen MR) is 101 cm³/mol.